The third-order valence-corrected chi connectivity index (χ3v) is 4.17. The Morgan fingerprint density at radius 1 is 1.00 bits per heavy atom. The zero-order valence-electron chi connectivity index (χ0n) is 15.0. The van der Waals surface area contributed by atoms with Crippen molar-refractivity contribution in [2.24, 2.45) is 0 Å². The van der Waals surface area contributed by atoms with Crippen LogP contribution in [0.25, 0.3) is 0 Å². The van der Waals surface area contributed by atoms with E-state index in [-0.39, 0.29) is 5.91 Å². The lowest BCUT2D eigenvalue weighted by Crippen LogP contribution is -2.29. The van der Waals surface area contributed by atoms with Crippen LogP contribution in [0, 0.1) is 0 Å². The second-order valence-electron chi connectivity index (χ2n) is 6.31. The molecule has 0 aliphatic carbocycles. The molecule has 1 unspecified atom stereocenters. The third-order valence-electron chi connectivity index (χ3n) is 4.17. The molecule has 1 atom stereocenters. The van der Waals surface area contributed by atoms with Crippen molar-refractivity contribution in [2.75, 3.05) is 34.7 Å². The smallest absolute Gasteiger partial charge is 0.253 e. The predicted octanol–water partition coefficient (Wildman–Crippen LogP) is 2.78. The lowest BCUT2D eigenvalue weighted by Gasteiger charge is -2.25. The highest BCUT2D eigenvalue weighted by atomic mass is 16.2. The van der Waals surface area contributed by atoms with Gasteiger partial charge in [0.25, 0.3) is 5.91 Å². The minimum absolute atomic E-state index is 0.0421. The number of hydrogen-bond donors (Lipinski definition) is 1. The second kappa shape index (κ2) is 8.62. The first-order valence-electron chi connectivity index (χ1n) is 8.23. The molecule has 0 aliphatic heterocycles. The number of benzene rings is 2. The van der Waals surface area contributed by atoms with Gasteiger partial charge in [-0.2, -0.15) is 0 Å². The molecule has 0 fully saturated rings. The van der Waals surface area contributed by atoms with Gasteiger partial charge in [-0.1, -0.05) is 42.5 Å². The van der Waals surface area contributed by atoms with Crippen molar-refractivity contribution in [1.29, 1.82) is 0 Å². The summed E-state index contributed by atoms with van der Waals surface area (Å²) in [6.07, 6.45) is 0. The summed E-state index contributed by atoms with van der Waals surface area (Å²) in [6, 6.07) is 18.3. The van der Waals surface area contributed by atoms with Gasteiger partial charge in [0.2, 0.25) is 0 Å². The molecule has 0 saturated carbocycles. The number of rotatable bonds is 7. The Bertz CT molecular complexity index is 638. The maximum absolute atomic E-state index is 12.6. The van der Waals surface area contributed by atoms with E-state index in [0.29, 0.717) is 12.6 Å². The van der Waals surface area contributed by atoms with E-state index >= 15 is 0 Å². The van der Waals surface area contributed by atoms with Crippen molar-refractivity contribution in [3.05, 3.63) is 71.3 Å². The predicted molar refractivity (Wildman–Crippen MR) is 99.0 cm³/mol. The van der Waals surface area contributed by atoms with Gasteiger partial charge in [-0.15, -0.1) is 0 Å². The highest BCUT2D eigenvalue weighted by molar-refractivity contribution is 5.94. The molecule has 2 aromatic carbocycles. The standard InChI is InChI=1S/C20H27N3O/c1-21-14-19(22(2)3)17-10-12-18(13-11-17)20(24)23(4)15-16-8-6-5-7-9-16/h5-13,19,21H,14-15H2,1-4H3. The largest absolute Gasteiger partial charge is 0.337 e. The van der Waals surface area contributed by atoms with Crippen molar-refractivity contribution in [2.45, 2.75) is 12.6 Å². The molecule has 1 N–H and O–H groups in total. The average molecular weight is 325 g/mol. The fraction of sp³-hybridized carbons (Fsp3) is 0.350. The van der Waals surface area contributed by atoms with Gasteiger partial charge >= 0.3 is 0 Å². The first-order chi connectivity index (χ1) is 11.5. The maximum Gasteiger partial charge on any atom is 0.253 e. The van der Waals surface area contributed by atoms with E-state index in [1.807, 2.05) is 68.7 Å². The number of hydrogen-bond acceptors (Lipinski definition) is 3. The minimum atomic E-state index is 0.0421. The molecular weight excluding hydrogens is 298 g/mol. The number of likely N-dealkylation sites (N-methyl/N-ethyl adjacent to an activating group) is 2. The lowest BCUT2D eigenvalue weighted by atomic mass is 10.0. The summed E-state index contributed by atoms with van der Waals surface area (Å²) in [7, 11) is 7.92. The van der Waals surface area contributed by atoms with E-state index in [9.17, 15) is 4.79 Å². The number of carbonyl (C=O) groups excluding carboxylic acids is 1. The summed E-state index contributed by atoms with van der Waals surface area (Å²) in [6.45, 7) is 1.48. The fourth-order valence-electron chi connectivity index (χ4n) is 2.79. The van der Waals surface area contributed by atoms with Gasteiger partial charge in [0.05, 0.1) is 0 Å². The monoisotopic (exact) mass is 325 g/mol. The molecule has 0 aliphatic rings. The summed E-state index contributed by atoms with van der Waals surface area (Å²) in [5.41, 5.74) is 3.06. The van der Waals surface area contributed by atoms with Crippen molar-refractivity contribution < 1.29 is 4.79 Å². The van der Waals surface area contributed by atoms with Gasteiger partial charge in [0.1, 0.15) is 0 Å². The molecule has 2 rings (SSSR count). The van der Waals surface area contributed by atoms with Gasteiger partial charge in [0.15, 0.2) is 0 Å². The molecule has 0 heterocycles. The molecular formula is C20H27N3O. The topological polar surface area (TPSA) is 35.6 Å². The Morgan fingerprint density at radius 2 is 1.62 bits per heavy atom. The Hall–Kier alpha value is -2.17. The van der Waals surface area contributed by atoms with Crippen LogP contribution < -0.4 is 5.32 Å². The van der Waals surface area contributed by atoms with Gasteiger partial charge < -0.3 is 15.1 Å². The van der Waals surface area contributed by atoms with E-state index in [1.54, 1.807) is 4.90 Å². The summed E-state index contributed by atoms with van der Waals surface area (Å²) in [5, 5.41) is 3.21. The van der Waals surface area contributed by atoms with Crippen LogP contribution in [0.2, 0.25) is 0 Å². The molecule has 4 nitrogen and oxygen atoms in total. The van der Waals surface area contributed by atoms with E-state index < -0.39 is 0 Å². The van der Waals surface area contributed by atoms with Crippen LogP contribution in [0.3, 0.4) is 0 Å². The summed E-state index contributed by atoms with van der Waals surface area (Å²) in [5.74, 6) is 0.0421. The number of carbonyl (C=O) groups is 1. The highest BCUT2D eigenvalue weighted by Crippen LogP contribution is 2.19. The Labute approximate surface area is 145 Å². The Kier molecular flexibility index (Phi) is 6.53. The van der Waals surface area contributed by atoms with Gasteiger partial charge in [-0.25, -0.2) is 0 Å². The molecule has 0 radical (unpaired) electrons. The molecule has 128 valence electrons. The quantitative estimate of drug-likeness (QED) is 0.850. The van der Waals surface area contributed by atoms with Crippen molar-refractivity contribution in [3.63, 3.8) is 0 Å². The van der Waals surface area contributed by atoms with Crippen LogP contribution in [-0.2, 0) is 6.54 Å². The van der Waals surface area contributed by atoms with Gasteiger partial charge in [-0.05, 0) is 44.4 Å². The maximum atomic E-state index is 12.6. The van der Waals surface area contributed by atoms with Crippen LogP contribution in [0.5, 0.6) is 0 Å². The molecule has 4 heteroatoms. The SMILES string of the molecule is CNCC(c1ccc(C(=O)N(C)Cc2ccccc2)cc1)N(C)C. The first-order valence-corrected chi connectivity index (χ1v) is 8.23. The second-order valence-corrected chi connectivity index (χ2v) is 6.31. The van der Waals surface area contributed by atoms with Crippen molar-refractivity contribution in [1.82, 2.24) is 15.1 Å². The molecule has 0 saturated heterocycles. The normalized spacial score (nSPS) is 12.2. The third kappa shape index (κ3) is 4.66. The van der Waals surface area contributed by atoms with Crippen LogP contribution in [0.15, 0.2) is 54.6 Å². The van der Waals surface area contributed by atoms with Crippen LogP contribution in [-0.4, -0.2) is 50.4 Å². The van der Waals surface area contributed by atoms with E-state index in [2.05, 4.69) is 24.3 Å². The average Bonchev–Trinajstić information content (AvgIpc) is 2.60. The van der Waals surface area contributed by atoms with E-state index in [4.69, 9.17) is 0 Å². The molecule has 2 aromatic rings. The van der Waals surface area contributed by atoms with Gasteiger partial charge in [-0.3, -0.25) is 4.79 Å². The van der Waals surface area contributed by atoms with Crippen LogP contribution >= 0.6 is 0 Å². The van der Waals surface area contributed by atoms with Crippen LogP contribution in [0.1, 0.15) is 27.5 Å². The Balaban J connectivity index is 2.07. The zero-order chi connectivity index (χ0) is 17.5. The zero-order valence-corrected chi connectivity index (χ0v) is 15.0. The number of amides is 1. The summed E-state index contributed by atoms with van der Waals surface area (Å²) in [4.78, 5) is 16.5. The molecule has 0 spiro atoms. The minimum Gasteiger partial charge on any atom is -0.337 e. The first kappa shape index (κ1) is 18.2. The lowest BCUT2D eigenvalue weighted by molar-refractivity contribution is 0.0785. The summed E-state index contributed by atoms with van der Waals surface area (Å²) >= 11 is 0. The number of nitrogens with zero attached hydrogens (tertiary/aromatic N) is 2. The Morgan fingerprint density at radius 3 is 2.17 bits per heavy atom. The molecule has 0 aromatic heterocycles. The van der Waals surface area contributed by atoms with E-state index in [1.165, 1.54) is 5.56 Å². The van der Waals surface area contributed by atoms with Crippen molar-refractivity contribution in [3.8, 4) is 0 Å². The molecule has 1 amide bonds. The van der Waals surface area contributed by atoms with Crippen LogP contribution in [0.4, 0.5) is 0 Å². The fourth-order valence-corrected chi connectivity index (χ4v) is 2.79. The van der Waals surface area contributed by atoms with Gasteiger partial charge in [0, 0.05) is 31.7 Å². The van der Waals surface area contributed by atoms with E-state index in [0.717, 1.165) is 17.7 Å². The molecule has 0 bridgehead atoms. The molecule has 24 heavy (non-hydrogen) atoms. The van der Waals surface area contributed by atoms with Crippen molar-refractivity contribution >= 4 is 5.91 Å². The summed E-state index contributed by atoms with van der Waals surface area (Å²) < 4.78 is 0. The number of nitrogens with one attached hydrogen (secondary N) is 1. The highest BCUT2D eigenvalue weighted by Gasteiger charge is 2.15.